The molecular formula is C13H16FNO3. The molecule has 0 N–H and O–H groups in total. The van der Waals surface area contributed by atoms with Crippen LogP contribution < -0.4 is 4.74 Å². The van der Waals surface area contributed by atoms with E-state index in [-0.39, 0.29) is 5.91 Å². The standard InChI is InChI=1S/C13H16FNO3/c1-15(18-3)13(16)11-10(12(11)14)8-5-4-6-9(7-8)17-2/h4-7,10-12H,1-3H3/t10-,11-,12+/m1/s1. The molecule has 0 bridgehead atoms. The number of benzene rings is 1. The summed E-state index contributed by atoms with van der Waals surface area (Å²) in [4.78, 5) is 16.6. The van der Waals surface area contributed by atoms with Gasteiger partial charge in [-0.1, -0.05) is 12.1 Å². The van der Waals surface area contributed by atoms with E-state index in [1.165, 1.54) is 14.2 Å². The monoisotopic (exact) mass is 253 g/mol. The molecule has 5 heteroatoms. The number of methoxy groups -OCH3 is 1. The van der Waals surface area contributed by atoms with Gasteiger partial charge in [-0.25, -0.2) is 9.45 Å². The first-order valence-electron chi connectivity index (χ1n) is 5.70. The Bertz CT molecular complexity index is 452. The average molecular weight is 253 g/mol. The molecule has 0 heterocycles. The van der Waals surface area contributed by atoms with Gasteiger partial charge >= 0.3 is 0 Å². The van der Waals surface area contributed by atoms with Crippen molar-refractivity contribution in [1.82, 2.24) is 5.06 Å². The molecule has 0 aliphatic heterocycles. The van der Waals surface area contributed by atoms with Gasteiger partial charge in [-0.15, -0.1) is 0 Å². The largest absolute Gasteiger partial charge is 0.497 e. The van der Waals surface area contributed by atoms with Gasteiger partial charge in [-0.3, -0.25) is 9.63 Å². The zero-order chi connectivity index (χ0) is 13.3. The van der Waals surface area contributed by atoms with Gasteiger partial charge in [0.15, 0.2) is 0 Å². The number of carbonyl (C=O) groups excluding carboxylic acids is 1. The molecule has 18 heavy (non-hydrogen) atoms. The Kier molecular flexibility index (Phi) is 3.52. The first-order valence-corrected chi connectivity index (χ1v) is 5.70. The lowest BCUT2D eigenvalue weighted by atomic mass is 10.1. The maximum Gasteiger partial charge on any atom is 0.252 e. The van der Waals surface area contributed by atoms with Crippen LogP contribution in [0.2, 0.25) is 0 Å². The summed E-state index contributed by atoms with van der Waals surface area (Å²) in [7, 11) is 4.42. The maximum absolute atomic E-state index is 13.8. The van der Waals surface area contributed by atoms with Crippen molar-refractivity contribution in [2.45, 2.75) is 12.1 Å². The summed E-state index contributed by atoms with van der Waals surface area (Å²) in [5.41, 5.74) is 0.782. The molecule has 0 spiro atoms. The molecular weight excluding hydrogens is 237 g/mol. The van der Waals surface area contributed by atoms with Crippen LogP contribution in [0.3, 0.4) is 0 Å². The molecule has 4 nitrogen and oxygen atoms in total. The Labute approximate surface area is 105 Å². The zero-order valence-corrected chi connectivity index (χ0v) is 10.6. The minimum atomic E-state index is -1.15. The Balaban J connectivity index is 2.14. The summed E-state index contributed by atoms with van der Waals surface area (Å²) in [6.45, 7) is 0. The Morgan fingerprint density at radius 2 is 2.11 bits per heavy atom. The van der Waals surface area contributed by atoms with Gasteiger partial charge in [0.1, 0.15) is 11.9 Å². The third-order valence-electron chi connectivity index (χ3n) is 3.28. The van der Waals surface area contributed by atoms with Gasteiger partial charge in [0.2, 0.25) is 0 Å². The number of halogens is 1. The van der Waals surface area contributed by atoms with Crippen LogP contribution in [0.15, 0.2) is 24.3 Å². The summed E-state index contributed by atoms with van der Waals surface area (Å²) in [6.07, 6.45) is -1.15. The maximum atomic E-state index is 13.8. The van der Waals surface area contributed by atoms with Crippen LogP contribution in [0, 0.1) is 5.92 Å². The number of hydrogen-bond acceptors (Lipinski definition) is 3. The zero-order valence-electron chi connectivity index (χ0n) is 10.6. The molecule has 98 valence electrons. The summed E-state index contributed by atoms with van der Waals surface area (Å²) in [6, 6.07) is 7.15. The fraction of sp³-hybridized carbons (Fsp3) is 0.462. The van der Waals surface area contributed by atoms with Gasteiger partial charge in [0, 0.05) is 13.0 Å². The van der Waals surface area contributed by atoms with E-state index in [0.717, 1.165) is 10.6 Å². The highest BCUT2D eigenvalue weighted by Gasteiger charge is 2.57. The van der Waals surface area contributed by atoms with Gasteiger partial charge in [-0.2, -0.15) is 0 Å². The number of ether oxygens (including phenoxy) is 1. The molecule has 0 aromatic heterocycles. The van der Waals surface area contributed by atoms with Crippen molar-refractivity contribution < 1.29 is 18.8 Å². The molecule has 0 radical (unpaired) electrons. The van der Waals surface area contributed by atoms with Crippen molar-refractivity contribution in [3.63, 3.8) is 0 Å². The van der Waals surface area contributed by atoms with Crippen LogP contribution in [-0.2, 0) is 9.63 Å². The number of amides is 1. The number of carbonyl (C=O) groups is 1. The summed E-state index contributed by atoms with van der Waals surface area (Å²) in [5, 5.41) is 1.07. The second-order valence-electron chi connectivity index (χ2n) is 4.29. The molecule has 0 saturated heterocycles. The van der Waals surface area contributed by atoms with E-state index in [1.807, 2.05) is 0 Å². The van der Waals surface area contributed by atoms with Gasteiger partial charge in [0.25, 0.3) is 5.91 Å². The van der Waals surface area contributed by atoms with E-state index in [4.69, 9.17) is 9.57 Å². The predicted molar refractivity (Wildman–Crippen MR) is 63.9 cm³/mol. The molecule has 0 unspecified atom stereocenters. The molecule has 1 fully saturated rings. The third kappa shape index (κ3) is 2.18. The van der Waals surface area contributed by atoms with E-state index in [2.05, 4.69) is 0 Å². The van der Waals surface area contributed by atoms with E-state index < -0.39 is 18.0 Å². The van der Waals surface area contributed by atoms with Crippen LogP contribution in [-0.4, -0.2) is 38.4 Å². The van der Waals surface area contributed by atoms with Gasteiger partial charge in [0.05, 0.1) is 20.1 Å². The second-order valence-corrected chi connectivity index (χ2v) is 4.29. The normalized spacial score (nSPS) is 25.7. The SMILES string of the molecule is COc1cccc([C@H]2[C@H](F)[C@@H]2C(=O)N(C)OC)c1. The highest BCUT2D eigenvalue weighted by atomic mass is 19.1. The van der Waals surface area contributed by atoms with Crippen LogP contribution in [0.1, 0.15) is 11.5 Å². The van der Waals surface area contributed by atoms with Crippen molar-refractivity contribution in [3.8, 4) is 5.75 Å². The van der Waals surface area contributed by atoms with Crippen molar-refractivity contribution in [2.75, 3.05) is 21.3 Å². The lowest BCUT2D eigenvalue weighted by Crippen LogP contribution is -2.27. The van der Waals surface area contributed by atoms with Gasteiger partial charge < -0.3 is 4.74 Å². The topological polar surface area (TPSA) is 38.8 Å². The van der Waals surface area contributed by atoms with Crippen LogP contribution in [0.4, 0.5) is 4.39 Å². The molecule has 1 aromatic rings. The van der Waals surface area contributed by atoms with Crippen LogP contribution in [0.5, 0.6) is 5.75 Å². The number of alkyl halides is 1. The number of rotatable bonds is 4. The summed E-state index contributed by atoms with van der Waals surface area (Å²) >= 11 is 0. The van der Waals surface area contributed by atoms with Crippen molar-refractivity contribution in [2.24, 2.45) is 5.92 Å². The van der Waals surface area contributed by atoms with Crippen LogP contribution in [0.25, 0.3) is 0 Å². The highest BCUT2D eigenvalue weighted by molar-refractivity contribution is 5.83. The highest BCUT2D eigenvalue weighted by Crippen LogP contribution is 2.51. The molecule has 1 amide bonds. The third-order valence-corrected chi connectivity index (χ3v) is 3.28. The predicted octanol–water partition coefficient (Wildman–Crippen LogP) is 1.77. The second kappa shape index (κ2) is 4.94. The van der Waals surface area contributed by atoms with Crippen molar-refractivity contribution in [3.05, 3.63) is 29.8 Å². The summed E-state index contributed by atoms with van der Waals surface area (Å²) < 4.78 is 18.9. The Morgan fingerprint density at radius 3 is 2.72 bits per heavy atom. The minimum Gasteiger partial charge on any atom is -0.497 e. The van der Waals surface area contributed by atoms with Crippen LogP contribution >= 0.6 is 0 Å². The quantitative estimate of drug-likeness (QED) is 0.768. The number of hydroxylamine groups is 2. The smallest absolute Gasteiger partial charge is 0.252 e. The average Bonchev–Trinajstić information content (AvgIpc) is 3.08. The fourth-order valence-electron chi connectivity index (χ4n) is 2.10. The Hall–Kier alpha value is -1.62. The first-order chi connectivity index (χ1) is 8.60. The van der Waals surface area contributed by atoms with E-state index >= 15 is 0 Å². The lowest BCUT2D eigenvalue weighted by molar-refractivity contribution is -0.170. The van der Waals surface area contributed by atoms with Crippen molar-refractivity contribution >= 4 is 5.91 Å². The molecule has 1 saturated carbocycles. The van der Waals surface area contributed by atoms with E-state index in [1.54, 1.807) is 31.4 Å². The first kappa shape index (κ1) is 12.8. The van der Waals surface area contributed by atoms with E-state index in [9.17, 15) is 9.18 Å². The Morgan fingerprint density at radius 1 is 1.39 bits per heavy atom. The minimum absolute atomic E-state index is 0.335. The fourth-order valence-corrected chi connectivity index (χ4v) is 2.10. The molecule has 3 atom stereocenters. The number of nitrogens with zero attached hydrogens (tertiary/aromatic N) is 1. The van der Waals surface area contributed by atoms with Crippen molar-refractivity contribution in [1.29, 1.82) is 0 Å². The van der Waals surface area contributed by atoms with E-state index in [0.29, 0.717) is 5.75 Å². The summed E-state index contributed by atoms with van der Waals surface area (Å²) in [5.74, 6) is -0.719. The van der Waals surface area contributed by atoms with Gasteiger partial charge in [-0.05, 0) is 17.7 Å². The number of hydrogen-bond donors (Lipinski definition) is 0. The molecule has 1 aliphatic carbocycles. The molecule has 1 aliphatic rings. The lowest BCUT2D eigenvalue weighted by Gasteiger charge is -2.13. The molecule has 2 rings (SSSR count). The molecule has 1 aromatic carbocycles.